The SMILES string of the molecule is CCNC(=NCc1ccc(OC)c(OC)c1)NCc1ccccc1-n1ccnc1.I. The summed E-state index contributed by atoms with van der Waals surface area (Å²) in [6, 6.07) is 14.1. The van der Waals surface area contributed by atoms with Gasteiger partial charge in [0.15, 0.2) is 17.5 Å². The Bertz CT molecular complexity index is 944. The molecule has 2 aromatic carbocycles. The van der Waals surface area contributed by atoms with Gasteiger partial charge in [-0.15, -0.1) is 24.0 Å². The summed E-state index contributed by atoms with van der Waals surface area (Å²) in [6.45, 7) is 4.00. The van der Waals surface area contributed by atoms with Crippen LogP contribution < -0.4 is 20.1 Å². The highest BCUT2D eigenvalue weighted by Gasteiger charge is 2.07. The minimum absolute atomic E-state index is 0. The van der Waals surface area contributed by atoms with Crippen molar-refractivity contribution in [1.29, 1.82) is 0 Å². The molecule has 1 heterocycles. The van der Waals surface area contributed by atoms with Crippen LogP contribution >= 0.6 is 24.0 Å². The first-order valence-electron chi connectivity index (χ1n) is 9.54. The molecule has 0 bridgehead atoms. The number of hydrogen-bond donors (Lipinski definition) is 2. The van der Waals surface area contributed by atoms with Crippen LogP contribution in [0.5, 0.6) is 11.5 Å². The normalized spacial score (nSPS) is 10.8. The quantitative estimate of drug-likeness (QED) is 0.269. The standard InChI is InChI=1S/C22H27N5O2.HI/c1-4-24-22(25-14-17-9-10-20(28-2)21(13-17)29-3)26-15-18-7-5-6-8-19(18)27-12-11-23-16-27;/h5-13,16H,4,14-15H2,1-3H3,(H2,24,25,26);1H. The van der Waals surface area contributed by atoms with Gasteiger partial charge in [0.1, 0.15) is 0 Å². The van der Waals surface area contributed by atoms with Gasteiger partial charge in [-0.25, -0.2) is 9.98 Å². The van der Waals surface area contributed by atoms with Gasteiger partial charge in [-0.05, 0) is 36.2 Å². The van der Waals surface area contributed by atoms with E-state index in [1.54, 1.807) is 26.7 Å². The van der Waals surface area contributed by atoms with Gasteiger partial charge in [0.05, 0.1) is 32.8 Å². The molecule has 30 heavy (non-hydrogen) atoms. The number of rotatable bonds is 8. The lowest BCUT2D eigenvalue weighted by Crippen LogP contribution is -2.37. The molecule has 0 aliphatic rings. The molecule has 3 aromatic rings. The van der Waals surface area contributed by atoms with Gasteiger partial charge in [0.2, 0.25) is 0 Å². The zero-order valence-corrected chi connectivity index (χ0v) is 19.8. The number of guanidine groups is 1. The van der Waals surface area contributed by atoms with E-state index in [2.05, 4.69) is 27.8 Å². The number of hydrogen-bond acceptors (Lipinski definition) is 4. The van der Waals surface area contributed by atoms with Crippen LogP contribution in [0.3, 0.4) is 0 Å². The number of benzene rings is 2. The number of methoxy groups -OCH3 is 2. The zero-order chi connectivity index (χ0) is 20.5. The van der Waals surface area contributed by atoms with Crippen LogP contribution in [0.1, 0.15) is 18.1 Å². The summed E-state index contributed by atoms with van der Waals surface area (Å²) in [5.41, 5.74) is 3.29. The fourth-order valence-electron chi connectivity index (χ4n) is 2.98. The average Bonchev–Trinajstić information content (AvgIpc) is 3.30. The third kappa shape index (κ3) is 6.12. The van der Waals surface area contributed by atoms with Crippen LogP contribution in [0.15, 0.2) is 66.2 Å². The molecule has 0 aliphatic heterocycles. The van der Waals surface area contributed by atoms with Gasteiger partial charge in [-0.1, -0.05) is 24.3 Å². The second kappa shape index (κ2) is 12.1. The Kier molecular flexibility index (Phi) is 9.46. The minimum Gasteiger partial charge on any atom is -0.493 e. The zero-order valence-electron chi connectivity index (χ0n) is 17.5. The average molecular weight is 521 g/mol. The summed E-state index contributed by atoms with van der Waals surface area (Å²) >= 11 is 0. The van der Waals surface area contributed by atoms with E-state index in [4.69, 9.17) is 14.5 Å². The van der Waals surface area contributed by atoms with Crippen LogP contribution in [0, 0.1) is 0 Å². The van der Waals surface area contributed by atoms with Gasteiger partial charge < -0.3 is 24.7 Å². The van der Waals surface area contributed by atoms with Crippen LogP contribution in [-0.4, -0.2) is 36.3 Å². The molecule has 0 saturated carbocycles. The number of ether oxygens (including phenoxy) is 2. The first-order valence-corrected chi connectivity index (χ1v) is 9.54. The molecule has 0 spiro atoms. The lowest BCUT2D eigenvalue weighted by Gasteiger charge is -2.14. The molecule has 7 nitrogen and oxygen atoms in total. The van der Waals surface area contributed by atoms with Crippen LogP contribution in [0.25, 0.3) is 5.69 Å². The molecule has 0 fully saturated rings. The van der Waals surface area contributed by atoms with E-state index in [1.807, 2.05) is 48.0 Å². The van der Waals surface area contributed by atoms with Crippen molar-refractivity contribution in [3.05, 3.63) is 72.3 Å². The highest BCUT2D eigenvalue weighted by Crippen LogP contribution is 2.27. The number of nitrogens with one attached hydrogen (secondary N) is 2. The number of aliphatic imine (C=N–C) groups is 1. The highest BCUT2D eigenvalue weighted by atomic mass is 127. The van der Waals surface area contributed by atoms with E-state index in [1.165, 1.54) is 0 Å². The van der Waals surface area contributed by atoms with Gasteiger partial charge in [-0.3, -0.25) is 0 Å². The summed E-state index contributed by atoms with van der Waals surface area (Å²) in [4.78, 5) is 8.84. The first kappa shape index (κ1) is 23.5. The lowest BCUT2D eigenvalue weighted by atomic mass is 10.1. The Morgan fingerprint density at radius 1 is 1.07 bits per heavy atom. The summed E-state index contributed by atoms with van der Waals surface area (Å²) in [5.74, 6) is 2.16. The fourth-order valence-corrected chi connectivity index (χ4v) is 2.98. The summed E-state index contributed by atoms with van der Waals surface area (Å²) in [7, 11) is 3.26. The molecule has 3 rings (SSSR count). The Morgan fingerprint density at radius 3 is 2.57 bits per heavy atom. The van der Waals surface area contributed by atoms with Crippen molar-refractivity contribution in [2.24, 2.45) is 4.99 Å². The molecule has 0 radical (unpaired) electrons. The van der Waals surface area contributed by atoms with Crippen LogP contribution in [0.4, 0.5) is 0 Å². The van der Waals surface area contributed by atoms with Crippen LogP contribution in [0.2, 0.25) is 0 Å². The van der Waals surface area contributed by atoms with Crippen molar-refractivity contribution in [1.82, 2.24) is 20.2 Å². The minimum atomic E-state index is 0. The Labute approximate surface area is 194 Å². The molecule has 0 unspecified atom stereocenters. The van der Waals surface area contributed by atoms with E-state index >= 15 is 0 Å². The molecule has 2 N–H and O–H groups in total. The van der Waals surface area contributed by atoms with Gasteiger partial charge in [-0.2, -0.15) is 0 Å². The monoisotopic (exact) mass is 521 g/mol. The smallest absolute Gasteiger partial charge is 0.191 e. The predicted molar refractivity (Wildman–Crippen MR) is 130 cm³/mol. The Hall–Kier alpha value is -2.75. The number of nitrogens with zero attached hydrogens (tertiary/aromatic N) is 3. The van der Waals surface area contributed by atoms with Crippen molar-refractivity contribution in [3.63, 3.8) is 0 Å². The van der Waals surface area contributed by atoms with Crippen molar-refractivity contribution >= 4 is 29.9 Å². The van der Waals surface area contributed by atoms with E-state index in [0.717, 1.165) is 29.3 Å². The highest BCUT2D eigenvalue weighted by molar-refractivity contribution is 14.0. The third-order valence-corrected chi connectivity index (χ3v) is 4.43. The second-order valence-electron chi connectivity index (χ2n) is 6.34. The molecule has 8 heteroatoms. The molecule has 0 amide bonds. The Balaban J connectivity index is 0.00000320. The molecule has 0 saturated heterocycles. The fraction of sp³-hybridized carbons (Fsp3) is 0.273. The van der Waals surface area contributed by atoms with Gasteiger partial charge in [0.25, 0.3) is 0 Å². The molecular formula is C22H28IN5O2. The maximum atomic E-state index is 5.37. The molecule has 0 atom stereocenters. The largest absolute Gasteiger partial charge is 0.493 e. The second-order valence-corrected chi connectivity index (χ2v) is 6.34. The van der Waals surface area contributed by atoms with Crippen molar-refractivity contribution < 1.29 is 9.47 Å². The van der Waals surface area contributed by atoms with Gasteiger partial charge >= 0.3 is 0 Å². The lowest BCUT2D eigenvalue weighted by molar-refractivity contribution is 0.354. The summed E-state index contributed by atoms with van der Waals surface area (Å²) in [5, 5.41) is 6.70. The van der Waals surface area contributed by atoms with E-state index in [0.29, 0.717) is 24.6 Å². The maximum Gasteiger partial charge on any atom is 0.191 e. The number of para-hydroxylation sites is 1. The number of aromatic nitrogens is 2. The molecule has 0 aliphatic carbocycles. The maximum absolute atomic E-state index is 5.37. The predicted octanol–water partition coefficient (Wildman–Crippen LogP) is 3.76. The first-order chi connectivity index (χ1) is 14.2. The van der Waals surface area contributed by atoms with Gasteiger partial charge in [0, 0.05) is 25.5 Å². The van der Waals surface area contributed by atoms with Crippen molar-refractivity contribution in [2.75, 3.05) is 20.8 Å². The molecule has 1 aromatic heterocycles. The summed E-state index contributed by atoms with van der Waals surface area (Å²) < 4.78 is 12.7. The van der Waals surface area contributed by atoms with E-state index in [9.17, 15) is 0 Å². The molecule has 160 valence electrons. The summed E-state index contributed by atoms with van der Waals surface area (Å²) in [6.07, 6.45) is 5.52. The Morgan fingerprint density at radius 2 is 1.87 bits per heavy atom. The number of imidazole rings is 1. The van der Waals surface area contributed by atoms with E-state index in [-0.39, 0.29) is 24.0 Å². The van der Waals surface area contributed by atoms with Crippen LogP contribution in [-0.2, 0) is 13.1 Å². The van der Waals surface area contributed by atoms with E-state index < -0.39 is 0 Å². The third-order valence-electron chi connectivity index (χ3n) is 4.43. The topological polar surface area (TPSA) is 72.7 Å². The van der Waals surface area contributed by atoms with Crippen molar-refractivity contribution in [3.8, 4) is 17.2 Å². The van der Waals surface area contributed by atoms with Crippen molar-refractivity contribution in [2.45, 2.75) is 20.0 Å². The number of halogens is 1. The molecular weight excluding hydrogens is 493 g/mol.